The molecule has 1 aromatic carbocycles. The van der Waals surface area contributed by atoms with Crippen LogP contribution in [-0.4, -0.2) is 29.3 Å². The highest BCUT2D eigenvalue weighted by atomic mass is 35.5. The predicted molar refractivity (Wildman–Crippen MR) is 115 cm³/mol. The topological polar surface area (TPSA) is 85.1 Å². The number of aromatic nitrogens is 1. The summed E-state index contributed by atoms with van der Waals surface area (Å²) in [5, 5.41) is 4.64. The standard InChI is InChI=1S/C21H28ClN3O2S/c1-2-16(26)9-13(12-24-21(27)20(23)14-5-3-4-6-14)10-19-25-17-8-7-15(22)11-18(17)28-19/h7-8,11,13-14,20H,2-6,9-10,12,23H2,1H3,(H,24,27)/t13-,20-/m0/s1. The lowest BCUT2D eigenvalue weighted by atomic mass is 9.96. The van der Waals surface area contributed by atoms with Crippen LogP contribution in [0.2, 0.25) is 5.02 Å². The van der Waals surface area contributed by atoms with Crippen LogP contribution < -0.4 is 11.1 Å². The first-order valence-corrected chi connectivity index (χ1v) is 11.3. The van der Waals surface area contributed by atoms with Gasteiger partial charge < -0.3 is 11.1 Å². The monoisotopic (exact) mass is 421 g/mol. The summed E-state index contributed by atoms with van der Waals surface area (Å²) in [6, 6.07) is 5.20. The SMILES string of the molecule is CCC(=O)C[C@H](CNC(=O)[C@@H](N)C1CCCC1)Cc1nc2ccc(Cl)cc2s1. The number of halogens is 1. The molecule has 1 fully saturated rings. The first-order valence-electron chi connectivity index (χ1n) is 10.1. The Balaban J connectivity index is 1.64. The molecule has 1 aromatic heterocycles. The summed E-state index contributed by atoms with van der Waals surface area (Å²) < 4.78 is 1.04. The number of carbonyl (C=O) groups excluding carboxylic acids is 2. The van der Waals surface area contributed by atoms with Gasteiger partial charge in [0.1, 0.15) is 5.78 Å². The fourth-order valence-corrected chi connectivity index (χ4v) is 5.21. The molecule has 0 unspecified atom stereocenters. The lowest BCUT2D eigenvalue weighted by Gasteiger charge is -2.21. The number of nitrogens with one attached hydrogen (secondary N) is 1. The van der Waals surface area contributed by atoms with E-state index in [0.717, 1.165) is 40.9 Å². The van der Waals surface area contributed by atoms with Crippen molar-refractivity contribution in [2.75, 3.05) is 6.54 Å². The van der Waals surface area contributed by atoms with Crippen LogP contribution >= 0.6 is 22.9 Å². The largest absolute Gasteiger partial charge is 0.354 e. The number of hydrogen-bond acceptors (Lipinski definition) is 5. The predicted octanol–water partition coefficient (Wildman–Crippen LogP) is 4.11. The van der Waals surface area contributed by atoms with Gasteiger partial charge in [-0.2, -0.15) is 0 Å². The summed E-state index contributed by atoms with van der Waals surface area (Å²) in [5.74, 6) is 0.397. The van der Waals surface area contributed by atoms with Gasteiger partial charge in [-0.05, 0) is 42.9 Å². The van der Waals surface area contributed by atoms with Crippen molar-refractivity contribution in [3.05, 3.63) is 28.2 Å². The number of amides is 1. The van der Waals surface area contributed by atoms with Crippen LogP contribution in [0.15, 0.2) is 18.2 Å². The lowest BCUT2D eigenvalue weighted by Crippen LogP contribution is -2.46. The zero-order valence-corrected chi connectivity index (χ0v) is 17.8. The number of fused-ring (bicyclic) bond motifs is 1. The van der Waals surface area contributed by atoms with E-state index in [0.29, 0.717) is 30.8 Å². The fraction of sp³-hybridized carbons (Fsp3) is 0.571. The molecule has 1 amide bonds. The molecule has 0 bridgehead atoms. The van der Waals surface area contributed by atoms with Crippen molar-refractivity contribution >= 4 is 44.8 Å². The molecule has 0 spiro atoms. The Morgan fingerprint density at radius 1 is 1.36 bits per heavy atom. The van der Waals surface area contributed by atoms with Gasteiger partial charge in [0.25, 0.3) is 0 Å². The van der Waals surface area contributed by atoms with E-state index in [1.165, 1.54) is 0 Å². The van der Waals surface area contributed by atoms with Gasteiger partial charge in [-0.15, -0.1) is 11.3 Å². The van der Waals surface area contributed by atoms with Gasteiger partial charge in [0.15, 0.2) is 0 Å². The van der Waals surface area contributed by atoms with Gasteiger partial charge in [-0.3, -0.25) is 9.59 Å². The number of benzene rings is 1. The average Bonchev–Trinajstić information content (AvgIpc) is 3.34. The molecular weight excluding hydrogens is 394 g/mol. The smallest absolute Gasteiger partial charge is 0.237 e. The molecule has 3 N–H and O–H groups in total. The van der Waals surface area contributed by atoms with Gasteiger partial charge in [0.05, 0.1) is 21.3 Å². The van der Waals surface area contributed by atoms with E-state index in [-0.39, 0.29) is 23.5 Å². The third-order valence-corrected chi connectivity index (χ3v) is 6.82. The van der Waals surface area contributed by atoms with E-state index in [9.17, 15) is 9.59 Å². The molecule has 3 rings (SSSR count). The number of nitrogens with zero attached hydrogens (tertiary/aromatic N) is 1. The average molecular weight is 422 g/mol. The van der Waals surface area contributed by atoms with Crippen molar-refractivity contribution in [1.29, 1.82) is 0 Å². The minimum absolute atomic E-state index is 0.0169. The highest BCUT2D eigenvalue weighted by Crippen LogP contribution is 2.28. The molecular formula is C21H28ClN3O2S. The van der Waals surface area contributed by atoms with Gasteiger partial charge in [0.2, 0.25) is 5.91 Å². The van der Waals surface area contributed by atoms with Crippen LogP contribution in [0, 0.1) is 11.8 Å². The van der Waals surface area contributed by atoms with Crippen molar-refractivity contribution in [3.63, 3.8) is 0 Å². The molecule has 0 saturated heterocycles. The minimum Gasteiger partial charge on any atom is -0.354 e. The van der Waals surface area contributed by atoms with Crippen molar-refractivity contribution < 1.29 is 9.59 Å². The summed E-state index contributed by atoms with van der Waals surface area (Å²) in [4.78, 5) is 29.2. The Bertz CT molecular complexity index is 832. The maximum Gasteiger partial charge on any atom is 0.237 e. The maximum atomic E-state index is 12.5. The summed E-state index contributed by atoms with van der Waals surface area (Å²) in [7, 11) is 0. The van der Waals surface area contributed by atoms with Crippen LogP contribution in [0.3, 0.4) is 0 Å². The Kier molecular flexibility index (Phi) is 7.43. The summed E-state index contributed by atoms with van der Waals surface area (Å²) in [6.45, 7) is 2.31. The van der Waals surface area contributed by atoms with Gasteiger partial charge in [0, 0.05) is 30.8 Å². The van der Waals surface area contributed by atoms with Gasteiger partial charge >= 0.3 is 0 Å². The van der Waals surface area contributed by atoms with Crippen molar-refractivity contribution in [3.8, 4) is 0 Å². The molecule has 1 heterocycles. The first-order chi connectivity index (χ1) is 13.5. The molecule has 152 valence electrons. The third kappa shape index (κ3) is 5.52. The second-order valence-corrected chi connectivity index (χ2v) is 9.25. The summed E-state index contributed by atoms with van der Waals surface area (Å²) in [6.07, 6.45) is 5.96. The molecule has 5 nitrogen and oxygen atoms in total. The van der Waals surface area contributed by atoms with E-state index in [4.69, 9.17) is 17.3 Å². The van der Waals surface area contributed by atoms with E-state index in [1.807, 2.05) is 25.1 Å². The zero-order valence-electron chi connectivity index (χ0n) is 16.2. The molecule has 1 saturated carbocycles. The molecule has 7 heteroatoms. The lowest BCUT2D eigenvalue weighted by molar-refractivity contribution is -0.124. The molecule has 2 aromatic rings. The van der Waals surface area contributed by atoms with Crippen molar-refractivity contribution in [1.82, 2.24) is 10.3 Å². The van der Waals surface area contributed by atoms with E-state index in [1.54, 1.807) is 11.3 Å². The Hall–Kier alpha value is -1.50. The Morgan fingerprint density at radius 3 is 2.82 bits per heavy atom. The van der Waals surface area contributed by atoms with Crippen LogP contribution in [-0.2, 0) is 16.0 Å². The zero-order chi connectivity index (χ0) is 20.1. The Labute approximate surface area is 175 Å². The molecule has 2 atom stereocenters. The second kappa shape index (κ2) is 9.81. The van der Waals surface area contributed by atoms with Crippen molar-refractivity contribution in [2.24, 2.45) is 17.6 Å². The first kappa shape index (κ1) is 21.2. The number of carbonyl (C=O) groups is 2. The van der Waals surface area contributed by atoms with Gasteiger partial charge in [-0.1, -0.05) is 31.4 Å². The number of ketones is 1. The second-order valence-electron chi connectivity index (χ2n) is 7.70. The fourth-order valence-electron chi connectivity index (χ4n) is 3.86. The molecule has 1 aliphatic rings. The van der Waals surface area contributed by atoms with Gasteiger partial charge in [-0.25, -0.2) is 4.98 Å². The molecule has 0 aliphatic heterocycles. The minimum atomic E-state index is -0.449. The summed E-state index contributed by atoms with van der Waals surface area (Å²) >= 11 is 7.66. The van der Waals surface area contributed by atoms with Crippen LogP contribution in [0.5, 0.6) is 0 Å². The van der Waals surface area contributed by atoms with Crippen LogP contribution in [0.4, 0.5) is 0 Å². The molecule has 0 radical (unpaired) electrons. The number of nitrogens with two attached hydrogens (primary N) is 1. The quantitative estimate of drug-likeness (QED) is 0.637. The van der Waals surface area contributed by atoms with Crippen molar-refractivity contribution in [2.45, 2.75) is 57.9 Å². The third-order valence-electron chi connectivity index (χ3n) is 5.54. The van der Waals surface area contributed by atoms with E-state index in [2.05, 4.69) is 10.3 Å². The van der Waals surface area contributed by atoms with Crippen LogP contribution in [0.1, 0.15) is 50.5 Å². The highest BCUT2D eigenvalue weighted by Gasteiger charge is 2.28. The number of thiazole rings is 1. The number of Topliss-reactive ketones (excluding diaryl/α,β-unsaturated/α-hetero) is 1. The Morgan fingerprint density at radius 2 is 2.11 bits per heavy atom. The van der Waals surface area contributed by atoms with E-state index >= 15 is 0 Å². The summed E-state index contributed by atoms with van der Waals surface area (Å²) in [5.41, 5.74) is 7.07. The maximum absolute atomic E-state index is 12.5. The highest BCUT2D eigenvalue weighted by molar-refractivity contribution is 7.18. The number of hydrogen-bond donors (Lipinski definition) is 2. The van der Waals surface area contributed by atoms with E-state index < -0.39 is 6.04 Å². The molecule has 1 aliphatic carbocycles. The number of rotatable bonds is 9. The normalized spacial score (nSPS) is 17.0. The molecule has 28 heavy (non-hydrogen) atoms. The van der Waals surface area contributed by atoms with Crippen LogP contribution in [0.25, 0.3) is 10.2 Å².